The van der Waals surface area contributed by atoms with E-state index in [1.807, 2.05) is 6.92 Å². The molecule has 8 heteroatoms. The predicted molar refractivity (Wildman–Crippen MR) is 78.5 cm³/mol. The van der Waals surface area contributed by atoms with Gasteiger partial charge in [0.2, 0.25) is 0 Å². The second-order valence-corrected chi connectivity index (χ2v) is 5.65. The third kappa shape index (κ3) is 4.08. The van der Waals surface area contributed by atoms with Crippen molar-refractivity contribution in [3.05, 3.63) is 0 Å². The van der Waals surface area contributed by atoms with Crippen LogP contribution in [0.3, 0.4) is 0 Å². The smallest absolute Gasteiger partial charge is 0.337 e. The van der Waals surface area contributed by atoms with Gasteiger partial charge in [-0.05, 0) is 18.3 Å². The first-order valence-electron chi connectivity index (χ1n) is 6.75. The molecule has 0 saturated carbocycles. The largest absolute Gasteiger partial charge is 0.480 e. The SMILES string of the molecule is CC(C[C@@H](N)CC1(C(=O)O)C=NC=N1)[C@H](C)[C@H](N)C(=O)O. The summed E-state index contributed by atoms with van der Waals surface area (Å²) < 4.78 is 0. The molecule has 5 atom stereocenters. The van der Waals surface area contributed by atoms with Crippen molar-refractivity contribution in [2.45, 2.75) is 44.3 Å². The van der Waals surface area contributed by atoms with E-state index in [9.17, 15) is 14.7 Å². The van der Waals surface area contributed by atoms with Gasteiger partial charge in [-0.3, -0.25) is 4.79 Å². The lowest BCUT2D eigenvalue weighted by atomic mass is 9.82. The van der Waals surface area contributed by atoms with Crippen LogP contribution >= 0.6 is 0 Å². The first-order chi connectivity index (χ1) is 9.69. The average molecular weight is 298 g/mol. The standard InChI is InChI=1S/C13H22N4O4/c1-7(8(2)10(15)11(18)19)3-9(14)4-13(12(20)21)5-16-6-17-13/h5-10H,3-4,14-15H2,1-2H3,(H,18,19)(H,20,21)/t7?,8-,9+,10-,13?/m0/s1. The van der Waals surface area contributed by atoms with Gasteiger partial charge in [0.15, 0.2) is 5.54 Å². The minimum atomic E-state index is -1.41. The summed E-state index contributed by atoms with van der Waals surface area (Å²) in [7, 11) is 0. The van der Waals surface area contributed by atoms with Crippen molar-refractivity contribution >= 4 is 24.5 Å². The maximum absolute atomic E-state index is 11.3. The van der Waals surface area contributed by atoms with E-state index < -0.39 is 29.6 Å². The van der Waals surface area contributed by atoms with Crippen molar-refractivity contribution in [1.29, 1.82) is 0 Å². The summed E-state index contributed by atoms with van der Waals surface area (Å²) in [5.41, 5.74) is 10.2. The molecule has 0 aromatic heterocycles. The van der Waals surface area contributed by atoms with Crippen LogP contribution in [0.25, 0.3) is 0 Å². The highest BCUT2D eigenvalue weighted by atomic mass is 16.4. The Balaban J connectivity index is 2.63. The molecule has 1 aliphatic heterocycles. The number of aliphatic imine (C=N–C) groups is 2. The summed E-state index contributed by atoms with van der Waals surface area (Å²) in [6.45, 7) is 3.60. The first kappa shape index (κ1) is 17.3. The van der Waals surface area contributed by atoms with Gasteiger partial charge < -0.3 is 21.7 Å². The first-order valence-corrected chi connectivity index (χ1v) is 6.75. The molecule has 2 unspecified atom stereocenters. The van der Waals surface area contributed by atoms with E-state index in [4.69, 9.17) is 16.6 Å². The Bertz CT molecular complexity index is 451. The van der Waals surface area contributed by atoms with Gasteiger partial charge in [-0.2, -0.15) is 0 Å². The third-order valence-corrected chi connectivity index (χ3v) is 4.01. The number of nitrogens with two attached hydrogens (primary N) is 2. The number of carboxylic acids is 2. The molecule has 0 fully saturated rings. The number of carboxylic acid groups (broad SMARTS) is 2. The maximum Gasteiger partial charge on any atom is 0.337 e. The van der Waals surface area contributed by atoms with Gasteiger partial charge in [0.25, 0.3) is 0 Å². The fourth-order valence-corrected chi connectivity index (χ4v) is 2.38. The molecule has 0 bridgehead atoms. The Kier molecular flexibility index (Phi) is 5.56. The average Bonchev–Trinajstić information content (AvgIpc) is 2.86. The Morgan fingerprint density at radius 1 is 1.29 bits per heavy atom. The fourth-order valence-electron chi connectivity index (χ4n) is 2.38. The van der Waals surface area contributed by atoms with E-state index in [2.05, 4.69) is 9.98 Å². The molecule has 0 radical (unpaired) electrons. The molecule has 1 rings (SSSR count). The summed E-state index contributed by atoms with van der Waals surface area (Å²) in [6.07, 6.45) is 3.04. The number of carbonyl (C=O) groups is 2. The van der Waals surface area contributed by atoms with E-state index in [0.29, 0.717) is 6.42 Å². The Hall–Kier alpha value is -1.80. The molecule has 0 saturated heterocycles. The quantitative estimate of drug-likeness (QED) is 0.483. The lowest BCUT2D eigenvalue weighted by molar-refractivity contribution is -0.141. The summed E-state index contributed by atoms with van der Waals surface area (Å²) in [6, 6.07) is -1.41. The Morgan fingerprint density at radius 2 is 1.90 bits per heavy atom. The van der Waals surface area contributed by atoms with Crippen molar-refractivity contribution in [2.24, 2.45) is 33.3 Å². The van der Waals surface area contributed by atoms with Crippen molar-refractivity contribution in [3.63, 3.8) is 0 Å². The van der Waals surface area contributed by atoms with Crippen molar-refractivity contribution < 1.29 is 19.8 Å². The second kappa shape index (κ2) is 6.77. The van der Waals surface area contributed by atoms with E-state index in [0.717, 1.165) is 0 Å². The zero-order valence-electron chi connectivity index (χ0n) is 12.1. The van der Waals surface area contributed by atoms with Crippen LogP contribution < -0.4 is 11.5 Å². The van der Waals surface area contributed by atoms with Crippen LogP contribution in [0.2, 0.25) is 0 Å². The number of aliphatic carboxylic acids is 2. The van der Waals surface area contributed by atoms with Gasteiger partial charge in [0.05, 0.1) is 0 Å². The molecule has 0 aromatic rings. The minimum Gasteiger partial charge on any atom is -0.480 e. The molecule has 118 valence electrons. The van der Waals surface area contributed by atoms with Gasteiger partial charge in [-0.15, -0.1) is 0 Å². The maximum atomic E-state index is 11.3. The summed E-state index contributed by atoms with van der Waals surface area (Å²) in [5, 5.41) is 18.2. The zero-order chi connectivity index (χ0) is 16.2. The molecule has 6 N–H and O–H groups in total. The van der Waals surface area contributed by atoms with Crippen LogP contribution in [0.1, 0.15) is 26.7 Å². The lowest BCUT2D eigenvalue weighted by Gasteiger charge is -2.28. The number of hydrogen-bond donors (Lipinski definition) is 4. The number of nitrogens with zero attached hydrogens (tertiary/aromatic N) is 2. The Morgan fingerprint density at radius 3 is 2.33 bits per heavy atom. The van der Waals surface area contributed by atoms with E-state index in [-0.39, 0.29) is 18.3 Å². The number of hydrogen-bond acceptors (Lipinski definition) is 6. The second-order valence-electron chi connectivity index (χ2n) is 5.65. The van der Waals surface area contributed by atoms with Gasteiger partial charge in [0, 0.05) is 18.7 Å². The van der Waals surface area contributed by atoms with Crippen molar-refractivity contribution in [1.82, 2.24) is 0 Å². The molecular weight excluding hydrogens is 276 g/mol. The third-order valence-electron chi connectivity index (χ3n) is 4.01. The van der Waals surface area contributed by atoms with Gasteiger partial charge in [0.1, 0.15) is 12.4 Å². The van der Waals surface area contributed by atoms with E-state index in [1.54, 1.807) is 6.92 Å². The highest BCUT2D eigenvalue weighted by Crippen LogP contribution is 2.25. The molecule has 1 heterocycles. The summed E-state index contributed by atoms with van der Waals surface area (Å²) >= 11 is 0. The van der Waals surface area contributed by atoms with E-state index in [1.165, 1.54) is 12.6 Å². The topological polar surface area (TPSA) is 151 Å². The highest BCUT2D eigenvalue weighted by Gasteiger charge is 2.40. The van der Waals surface area contributed by atoms with Crippen LogP contribution in [0.15, 0.2) is 9.98 Å². The van der Waals surface area contributed by atoms with Gasteiger partial charge >= 0.3 is 11.9 Å². The van der Waals surface area contributed by atoms with Gasteiger partial charge in [-0.25, -0.2) is 14.8 Å². The molecule has 8 nitrogen and oxygen atoms in total. The molecule has 0 aliphatic carbocycles. The van der Waals surface area contributed by atoms with Crippen LogP contribution in [-0.2, 0) is 9.59 Å². The van der Waals surface area contributed by atoms with Crippen LogP contribution in [0, 0.1) is 11.8 Å². The van der Waals surface area contributed by atoms with Crippen molar-refractivity contribution in [2.75, 3.05) is 0 Å². The number of rotatable bonds is 8. The molecule has 0 spiro atoms. The molecule has 1 aliphatic rings. The zero-order valence-corrected chi connectivity index (χ0v) is 12.1. The minimum absolute atomic E-state index is 0.0562. The van der Waals surface area contributed by atoms with Crippen LogP contribution in [-0.4, -0.2) is 52.3 Å². The normalized spacial score (nSPS) is 26.3. The van der Waals surface area contributed by atoms with Crippen LogP contribution in [0.5, 0.6) is 0 Å². The molecular formula is C13H22N4O4. The van der Waals surface area contributed by atoms with Gasteiger partial charge in [-0.1, -0.05) is 13.8 Å². The molecule has 0 aromatic carbocycles. The van der Waals surface area contributed by atoms with E-state index >= 15 is 0 Å². The van der Waals surface area contributed by atoms with Crippen molar-refractivity contribution in [3.8, 4) is 0 Å². The lowest BCUT2D eigenvalue weighted by Crippen LogP contribution is -2.45. The molecule has 0 amide bonds. The predicted octanol–water partition coefficient (Wildman–Crippen LogP) is -0.286. The fraction of sp³-hybridized carbons (Fsp3) is 0.692. The summed E-state index contributed by atoms with van der Waals surface area (Å²) in [4.78, 5) is 29.8. The summed E-state index contributed by atoms with van der Waals surface area (Å²) in [5.74, 6) is -2.48. The molecule has 21 heavy (non-hydrogen) atoms. The Labute approximate surface area is 122 Å². The van der Waals surface area contributed by atoms with Crippen LogP contribution in [0.4, 0.5) is 0 Å². The highest BCUT2D eigenvalue weighted by molar-refractivity contribution is 6.05. The monoisotopic (exact) mass is 298 g/mol.